The number of aromatic nitrogens is 1. The quantitative estimate of drug-likeness (QED) is 0.876. The number of benzene rings is 1. The molecule has 1 heterocycles. The summed E-state index contributed by atoms with van der Waals surface area (Å²) in [4.78, 5) is 16.1. The summed E-state index contributed by atoms with van der Waals surface area (Å²) in [5, 5.41) is 4.16. The SMILES string of the molecule is O=C(CSc1nc2ccc(Cl)cc2o1)NC1CCCC1. The van der Waals surface area contributed by atoms with Crippen molar-refractivity contribution in [1.82, 2.24) is 10.3 Å². The summed E-state index contributed by atoms with van der Waals surface area (Å²) >= 11 is 7.20. The van der Waals surface area contributed by atoms with Crippen LogP contribution in [0.3, 0.4) is 0 Å². The average molecular weight is 311 g/mol. The third kappa shape index (κ3) is 3.27. The standard InChI is InChI=1S/C14H15ClN2O2S/c15-9-5-6-11-12(7-9)19-14(17-11)20-8-13(18)16-10-3-1-2-4-10/h5-7,10H,1-4,8H2,(H,16,18). The molecule has 4 nitrogen and oxygen atoms in total. The van der Waals surface area contributed by atoms with Crippen molar-refractivity contribution < 1.29 is 9.21 Å². The Hall–Kier alpha value is -1.20. The van der Waals surface area contributed by atoms with E-state index in [0.29, 0.717) is 27.6 Å². The lowest BCUT2D eigenvalue weighted by Gasteiger charge is -2.10. The largest absolute Gasteiger partial charge is 0.431 e. The lowest BCUT2D eigenvalue weighted by atomic mass is 10.2. The van der Waals surface area contributed by atoms with E-state index >= 15 is 0 Å². The number of nitrogens with zero attached hydrogens (tertiary/aromatic N) is 1. The fraction of sp³-hybridized carbons (Fsp3) is 0.429. The molecule has 0 aliphatic heterocycles. The van der Waals surface area contributed by atoms with Crippen molar-refractivity contribution in [2.75, 3.05) is 5.75 Å². The van der Waals surface area contributed by atoms with Crippen LogP contribution in [0.1, 0.15) is 25.7 Å². The zero-order valence-electron chi connectivity index (χ0n) is 10.9. The summed E-state index contributed by atoms with van der Waals surface area (Å²) in [5.74, 6) is 0.374. The summed E-state index contributed by atoms with van der Waals surface area (Å²) in [5.41, 5.74) is 1.41. The molecule has 1 N–H and O–H groups in total. The minimum Gasteiger partial charge on any atom is -0.431 e. The number of nitrogens with one attached hydrogen (secondary N) is 1. The zero-order chi connectivity index (χ0) is 13.9. The zero-order valence-corrected chi connectivity index (χ0v) is 12.5. The second-order valence-corrected chi connectivity index (χ2v) is 6.29. The minimum atomic E-state index is 0.0437. The molecule has 0 saturated heterocycles. The molecule has 1 aliphatic rings. The normalized spacial score (nSPS) is 15.8. The van der Waals surface area contributed by atoms with Crippen molar-refractivity contribution in [3.8, 4) is 0 Å². The molecule has 1 fully saturated rings. The molecule has 0 radical (unpaired) electrons. The minimum absolute atomic E-state index is 0.0437. The van der Waals surface area contributed by atoms with Crippen molar-refractivity contribution in [2.24, 2.45) is 0 Å². The van der Waals surface area contributed by atoms with Crippen LogP contribution in [0, 0.1) is 0 Å². The Morgan fingerprint density at radius 3 is 3.05 bits per heavy atom. The number of amides is 1. The molecule has 1 aromatic heterocycles. The van der Waals surface area contributed by atoms with E-state index in [9.17, 15) is 4.79 Å². The highest BCUT2D eigenvalue weighted by molar-refractivity contribution is 7.99. The van der Waals surface area contributed by atoms with E-state index in [0.717, 1.165) is 18.4 Å². The number of carbonyl (C=O) groups is 1. The molecule has 0 unspecified atom stereocenters. The summed E-state index contributed by atoms with van der Waals surface area (Å²) in [6.07, 6.45) is 4.61. The van der Waals surface area contributed by atoms with Crippen molar-refractivity contribution in [1.29, 1.82) is 0 Å². The van der Waals surface area contributed by atoms with Gasteiger partial charge in [0.05, 0.1) is 5.75 Å². The molecule has 2 aromatic rings. The first-order chi connectivity index (χ1) is 9.70. The summed E-state index contributed by atoms with van der Waals surface area (Å²) in [6.45, 7) is 0. The van der Waals surface area contributed by atoms with Crippen molar-refractivity contribution in [3.63, 3.8) is 0 Å². The van der Waals surface area contributed by atoms with E-state index in [-0.39, 0.29) is 5.91 Å². The summed E-state index contributed by atoms with van der Waals surface area (Å²) in [7, 11) is 0. The van der Waals surface area contributed by atoms with Gasteiger partial charge in [0.15, 0.2) is 5.58 Å². The highest BCUT2D eigenvalue weighted by Crippen LogP contribution is 2.25. The Kier molecular flexibility index (Phi) is 4.17. The van der Waals surface area contributed by atoms with Crippen molar-refractivity contribution in [3.05, 3.63) is 23.2 Å². The van der Waals surface area contributed by atoms with Gasteiger partial charge in [-0.3, -0.25) is 4.79 Å². The van der Waals surface area contributed by atoms with Crippen molar-refractivity contribution in [2.45, 2.75) is 36.9 Å². The number of fused-ring (bicyclic) bond motifs is 1. The fourth-order valence-electron chi connectivity index (χ4n) is 2.41. The highest BCUT2D eigenvalue weighted by Gasteiger charge is 2.17. The number of rotatable bonds is 4. The maximum atomic E-state index is 11.8. The average Bonchev–Trinajstić information content (AvgIpc) is 3.04. The van der Waals surface area contributed by atoms with E-state index in [1.807, 2.05) is 6.07 Å². The highest BCUT2D eigenvalue weighted by atomic mass is 35.5. The van der Waals surface area contributed by atoms with E-state index in [4.69, 9.17) is 16.0 Å². The molecule has 6 heteroatoms. The Morgan fingerprint density at radius 1 is 1.45 bits per heavy atom. The molecule has 106 valence electrons. The fourth-order valence-corrected chi connectivity index (χ4v) is 3.22. The smallest absolute Gasteiger partial charge is 0.257 e. The molecular weight excluding hydrogens is 296 g/mol. The Bertz CT molecular complexity index is 623. The van der Waals surface area contributed by atoms with Crippen LogP contribution in [0.15, 0.2) is 27.8 Å². The predicted molar refractivity (Wildman–Crippen MR) is 80.1 cm³/mol. The maximum Gasteiger partial charge on any atom is 0.257 e. The molecule has 0 atom stereocenters. The second-order valence-electron chi connectivity index (χ2n) is 4.93. The van der Waals surface area contributed by atoms with Gasteiger partial charge in [-0.2, -0.15) is 0 Å². The van der Waals surface area contributed by atoms with Crippen LogP contribution in [0.4, 0.5) is 0 Å². The van der Waals surface area contributed by atoms with Crippen LogP contribution in [-0.2, 0) is 4.79 Å². The van der Waals surface area contributed by atoms with Gasteiger partial charge < -0.3 is 9.73 Å². The van der Waals surface area contributed by atoms with E-state index in [1.165, 1.54) is 24.6 Å². The molecule has 0 spiro atoms. The number of hydrogen-bond donors (Lipinski definition) is 1. The Labute approximate surface area is 126 Å². The van der Waals surface area contributed by atoms with Gasteiger partial charge in [0.2, 0.25) is 5.91 Å². The first kappa shape index (κ1) is 13.8. The van der Waals surface area contributed by atoms with Gasteiger partial charge in [-0.15, -0.1) is 0 Å². The van der Waals surface area contributed by atoms with E-state index < -0.39 is 0 Å². The Morgan fingerprint density at radius 2 is 2.25 bits per heavy atom. The van der Waals surface area contributed by atoms with E-state index in [1.54, 1.807) is 12.1 Å². The number of halogens is 1. The number of carbonyl (C=O) groups excluding carboxylic acids is 1. The molecule has 1 aromatic carbocycles. The van der Waals surface area contributed by atoms with Crippen LogP contribution < -0.4 is 5.32 Å². The number of hydrogen-bond acceptors (Lipinski definition) is 4. The predicted octanol–water partition coefficient (Wildman–Crippen LogP) is 3.63. The van der Waals surface area contributed by atoms with Crippen LogP contribution >= 0.6 is 23.4 Å². The summed E-state index contributed by atoms with van der Waals surface area (Å²) < 4.78 is 5.56. The third-order valence-electron chi connectivity index (χ3n) is 3.38. The topological polar surface area (TPSA) is 55.1 Å². The van der Waals surface area contributed by atoms with Gasteiger partial charge in [0.25, 0.3) is 5.22 Å². The van der Waals surface area contributed by atoms with Gasteiger partial charge in [-0.1, -0.05) is 36.2 Å². The maximum absolute atomic E-state index is 11.8. The molecule has 1 aliphatic carbocycles. The van der Waals surface area contributed by atoms with Gasteiger partial charge in [-0.05, 0) is 25.0 Å². The second kappa shape index (κ2) is 6.06. The first-order valence-electron chi connectivity index (χ1n) is 6.69. The first-order valence-corrected chi connectivity index (χ1v) is 8.05. The van der Waals surface area contributed by atoms with Gasteiger partial charge >= 0.3 is 0 Å². The molecule has 3 rings (SSSR count). The molecule has 20 heavy (non-hydrogen) atoms. The van der Waals surface area contributed by atoms with Crippen LogP contribution in [-0.4, -0.2) is 22.7 Å². The molecule has 1 amide bonds. The lowest BCUT2D eigenvalue weighted by molar-refractivity contribution is -0.119. The van der Waals surface area contributed by atoms with Gasteiger partial charge in [-0.25, -0.2) is 4.98 Å². The van der Waals surface area contributed by atoms with Gasteiger partial charge in [0, 0.05) is 17.1 Å². The third-order valence-corrected chi connectivity index (χ3v) is 4.44. The van der Waals surface area contributed by atoms with Crippen LogP contribution in [0.25, 0.3) is 11.1 Å². The summed E-state index contributed by atoms with van der Waals surface area (Å²) in [6, 6.07) is 5.66. The Balaban J connectivity index is 1.57. The molecular formula is C14H15ClN2O2S. The lowest BCUT2D eigenvalue weighted by Crippen LogP contribution is -2.33. The van der Waals surface area contributed by atoms with E-state index in [2.05, 4.69) is 10.3 Å². The molecule has 0 bridgehead atoms. The monoisotopic (exact) mass is 310 g/mol. The van der Waals surface area contributed by atoms with Crippen LogP contribution in [0.2, 0.25) is 5.02 Å². The number of thioether (sulfide) groups is 1. The molecule has 1 saturated carbocycles. The van der Waals surface area contributed by atoms with Gasteiger partial charge in [0.1, 0.15) is 5.52 Å². The van der Waals surface area contributed by atoms with Crippen LogP contribution in [0.5, 0.6) is 0 Å². The van der Waals surface area contributed by atoms with Crippen molar-refractivity contribution >= 4 is 40.4 Å². The number of oxazole rings is 1.